The third-order valence-electron chi connectivity index (χ3n) is 2.15. The highest BCUT2D eigenvalue weighted by Gasteiger charge is 2.15. The molecule has 0 saturated carbocycles. The Morgan fingerprint density at radius 2 is 2.16 bits per heavy atom. The lowest BCUT2D eigenvalue weighted by Gasteiger charge is -2.02. The number of aliphatic imine (C=N–C) groups is 1. The Kier molecular flexibility index (Phi) is 4.02. The van der Waals surface area contributed by atoms with Gasteiger partial charge in [0.25, 0.3) is 0 Å². The van der Waals surface area contributed by atoms with Gasteiger partial charge in [0.1, 0.15) is 0 Å². The van der Waals surface area contributed by atoms with Gasteiger partial charge < -0.3 is 0 Å². The van der Waals surface area contributed by atoms with Crippen LogP contribution < -0.4 is 0 Å². The van der Waals surface area contributed by atoms with Gasteiger partial charge in [0, 0.05) is 17.2 Å². The standard InChI is InChI=1S/C12H7N3O3S/c16-8-14-9-3-1-4-10(7-9)19-12-11(15(17)18)5-2-6-13-12/h1-7H. The van der Waals surface area contributed by atoms with Crippen LogP contribution >= 0.6 is 11.8 Å². The highest BCUT2D eigenvalue weighted by Crippen LogP contribution is 2.33. The van der Waals surface area contributed by atoms with Crippen LogP contribution in [0.15, 0.2) is 57.5 Å². The fourth-order valence-corrected chi connectivity index (χ4v) is 2.29. The van der Waals surface area contributed by atoms with Crippen molar-refractivity contribution in [2.75, 3.05) is 0 Å². The lowest BCUT2D eigenvalue weighted by molar-refractivity contribution is -0.388. The third kappa shape index (κ3) is 3.25. The van der Waals surface area contributed by atoms with E-state index < -0.39 is 4.92 Å². The zero-order valence-corrected chi connectivity index (χ0v) is 10.3. The van der Waals surface area contributed by atoms with Crippen LogP contribution in [0.5, 0.6) is 0 Å². The molecule has 19 heavy (non-hydrogen) atoms. The van der Waals surface area contributed by atoms with Gasteiger partial charge in [0.2, 0.25) is 6.08 Å². The molecule has 0 amide bonds. The number of carbonyl (C=O) groups excluding carboxylic acids is 1. The first kappa shape index (κ1) is 12.9. The zero-order chi connectivity index (χ0) is 13.7. The van der Waals surface area contributed by atoms with Crippen LogP contribution in [0.25, 0.3) is 0 Å². The van der Waals surface area contributed by atoms with E-state index >= 15 is 0 Å². The van der Waals surface area contributed by atoms with Crippen molar-refractivity contribution in [1.29, 1.82) is 0 Å². The van der Waals surface area contributed by atoms with Crippen molar-refractivity contribution in [2.24, 2.45) is 4.99 Å². The molecule has 1 aromatic heterocycles. The van der Waals surface area contributed by atoms with Gasteiger partial charge in [-0.2, -0.15) is 4.99 Å². The largest absolute Gasteiger partial charge is 0.301 e. The number of pyridine rings is 1. The van der Waals surface area contributed by atoms with E-state index in [-0.39, 0.29) is 5.69 Å². The lowest BCUT2D eigenvalue weighted by Crippen LogP contribution is -1.92. The summed E-state index contributed by atoms with van der Waals surface area (Å²) in [6, 6.07) is 9.63. The number of benzene rings is 1. The van der Waals surface area contributed by atoms with Gasteiger partial charge in [-0.25, -0.2) is 9.78 Å². The van der Waals surface area contributed by atoms with Crippen LogP contribution in [0.1, 0.15) is 0 Å². The lowest BCUT2D eigenvalue weighted by atomic mass is 10.3. The Labute approximate surface area is 112 Å². The van der Waals surface area contributed by atoms with Gasteiger partial charge in [0.15, 0.2) is 5.03 Å². The van der Waals surface area contributed by atoms with E-state index in [1.54, 1.807) is 24.3 Å². The van der Waals surface area contributed by atoms with Crippen LogP contribution in [0.3, 0.4) is 0 Å². The van der Waals surface area contributed by atoms with Gasteiger partial charge in [-0.05, 0) is 24.3 Å². The molecule has 0 unspecified atom stereocenters. The Hall–Kier alpha value is -2.50. The van der Waals surface area contributed by atoms with Crippen molar-refractivity contribution in [3.63, 3.8) is 0 Å². The van der Waals surface area contributed by atoms with E-state index in [2.05, 4.69) is 9.98 Å². The summed E-state index contributed by atoms with van der Waals surface area (Å²) < 4.78 is 0. The molecule has 0 atom stereocenters. The molecule has 0 spiro atoms. The monoisotopic (exact) mass is 273 g/mol. The maximum atomic E-state index is 10.9. The van der Waals surface area contributed by atoms with Crippen molar-refractivity contribution in [1.82, 2.24) is 4.98 Å². The Morgan fingerprint density at radius 3 is 2.89 bits per heavy atom. The van der Waals surface area contributed by atoms with Gasteiger partial charge in [-0.1, -0.05) is 17.8 Å². The molecule has 0 aliphatic heterocycles. The molecule has 2 rings (SSSR count). The molecular formula is C12H7N3O3S. The van der Waals surface area contributed by atoms with Crippen LogP contribution in [-0.4, -0.2) is 16.0 Å². The molecule has 1 heterocycles. The molecular weight excluding hydrogens is 266 g/mol. The van der Waals surface area contributed by atoms with Gasteiger partial charge >= 0.3 is 5.69 Å². The van der Waals surface area contributed by atoms with E-state index in [1.165, 1.54) is 24.4 Å². The normalized spacial score (nSPS) is 9.68. The highest BCUT2D eigenvalue weighted by atomic mass is 32.2. The Morgan fingerprint density at radius 1 is 1.32 bits per heavy atom. The Bertz CT molecular complexity index is 669. The quantitative estimate of drug-likeness (QED) is 0.370. The summed E-state index contributed by atoms with van der Waals surface area (Å²) in [6.45, 7) is 0. The molecule has 0 bridgehead atoms. The van der Waals surface area contributed by atoms with Crippen molar-refractivity contribution >= 4 is 29.2 Å². The van der Waals surface area contributed by atoms with Crippen LogP contribution in [0.2, 0.25) is 0 Å². The molecule has 6 nitrogen and oxygen atoms in total. The van der Waals surface area contributed by atoms with Gasteiger partial charge in [0.05, 0.1) is 10.6 Å². The van der Waals surface area contributed by atoms with E-state index in [0.717, 1.165) is 11.8 Å². The molecule has 0 N–H and O–H groups in total. The topological polar surface area (TPSA) is 85.5 Å². The van der Waals surface area contributed by atoms with E-state index in [0.29, 0.717) is 15.6 Å². The van der Waals surface area contributed by atoms with E-state index in [1.807, 2.05) is 0 Å². The second kappa shape index (κ2) is 5.90. The van der Waals surface area contributed by atoms with Gasteiger partial charge in [-0.15, -0.1) is 0 Å². The summed E-state index contributed by atoms with van der Waals surface area (Å²) >= 11 is 1.14. The second-order valence-electron chi connectivity index (χ2n) is 3.39. The summed E-state index contributed by atoms with van der Waals surface area (Å²) in [4.78, 5) is 28.8. The number of hydrogen-bond acceptors (Lipinski definition) is 6. The fourth-order valence-electron chi connectivity index (χ4n) is 1.38. The van der Waals surface area contributed by atoms with E-state index in [9.17, 15) is 14.9 Å². The second-order valence-corrected chi connectivity index (χ2v) is 4.45. The molecule has 94 valence electrons. The highest BCUT2D eigenvalue weighted by molar-refractivity contribution is 7.99. The van der Waals surface area contributed by atoms with Gasteiger partial charge in [-0.3, -0.25) is 10.1 Å². The molecule has 0 fully saturated rings. The summed E-state index contributed by atoms with van der Waals surface area (Å²) in [5.41, 5.74) is 0.385. The first-order valence-corrected chi connectivity index (χ1v) is 5.97. The van der Waals surface area contributed by atoms with Crippen molar-refractivity contribution in [2.45, 2.75) is 9.92 Å². The first-order chi connectivity index (χ1) is 9.20. The molecule has 0 aliphatic carbocycles. The van der Waals surface area contributed by atoms with Crippen molar-refractivity contribution in [3.05, 3.63) is 52.7 Å². The molecule has 1 aromatic carbocycles. The minimum atomic E-state index is -0.483. The summed E-state index contributed by atoms with van der Waals surface area (Å²) in [6.07, 6.45) is 2.94. The number of nitro groups is 1. The summed E-state index contributed by atoms with van der Waals surface area (Å²) in [7, 11) is 0. The zero-order valence-electron chi connectivity index (χ0n) is 9.52. The minimum absolute atomic E-state index is 0.0585. The maximum absolute atomic E-state index is 10.9. The molecule has 0 radical (unpaired) electrons. The van der Waals surface area contributed by atoms with E-state index in [4.69, 9.17) is 0 Å². The molecule has 2 aromatic rings. The SMILES string of the molecule is O=C=Nc1cccc(Sc2ncccc2[N+](=O)[O-])c1. The number of nitrogens with zero attached hydrogens (tertiary/aromatic N) is 3. The molecule has 7 heteroatoms. The smallest absolute Gasteiger partial charge is 0.258 e. The number of isocyanates is 1. The van der Waals surface area contributed by atoms with Crippen molar-refractivity contribution in [3.8, 4) is 0 Å². The Balaban J connectivity index is 2.33. The average molecular weight is 273 g/mol. The number of rotatable bonds is 4. The van der Waals surface area contributed by atoms with Crippen LogP contribution in [-0.2, 0) is 4.79 Å². The number of aromatic nitrogens is 1. The number of hydrogen-bond donors (Lipinski definition) is 0. The molecule has 0 aliphatic rings. The summed E-state index contributed by atoms with van der Waals surface area (Å²) in [5.74, 6) is 0. The minimum Gasteiger partial charge on any atom is -0.258 e. The summed E-state index contributed by atoms with van der Waals surface area (Å²) in [5, 5.41) is 11.2. The van der Waals surface area contributed by atoms with Crippen molar-refractivity contribution < 1.29 is 9.72 Å². The van der Waals surface area contributed by atoms with Crippen LogP contribution in [0, 0.1) is 10.1 Å². The third-order valence-corrected chi connectivity index (χ3v) is 3.15. The maximum Gasteiger partial charge on any atom is 0.301 e. The first-order valence-electron chi connectivity index (χ1n) is 5.16. The van der Waals surface area contributed by atoms with Crippen LogP contribution in [0.4, 0.5) is 11.4 Å². The predicted octanol–water partition coefficient (Wildman–Crippen LogP) is 3.11. The fraction of sp³-hybridized carbons (Fsp3) is 0. The molecule has 0 saturated heterocycles. The predicted molar refractivity (Wildman–Crippen MR) is 69.2 cm³/mol. The average Bonchev–Trinajstić information content (AvgIpc) is 2.40.